The molecule has 0 heterocycles. The highest BCUT2D eigenvalue weighted by molar-refractivity contribution is 4.31. The van der Waals surface area contributed by atoms with Crippen LogP contribution < -0.4 is 5.73 Å². The average Bonchev–Trinajstić information content (AvgIpc) is 0.811. The summed E-state index contributed by atoms with van der Waals surface area (Å²) in [6.45, 7) is 0. The molecule has 0 bridgehead atoms. The lowest BCUT2D eigenvalue weighted by Crippen LogP contribution is -2.04. The molecule has 0 fully saturated rings. The molecule has 0 saturated heterocycles. The van der Waals surface area contributed by atoms with Gasteiger partial charge in [0.05, 0.1) is 0 Å². The van der Waals surface area contributed by atoms with Gasteiger partial charge in [0.1, 0.15) is 0 Å². The van der Waals surface area contributed by atoms with E-state index < -0.39 is 6.41 Å². The Hall–Kier alpha value is -0.120. The van der Waals surface area contributed by atoms with Gasteiger partial charge in [0.25, 0.3) is 6.41 Å². The summed E-state index contributed by atoms with van der Waals surface area (Å²) < 4.78 is 0. The first-order valence-corrected chi connectivity index (χ1v) is 0.736. The summed E-state index contributed by atoms with van der Waals surface area (Å²) >= 11 is 0. The molecule has 0 amide bonds. The summed E-state index contributed by atoms with van der Waals surface area (Å²) in [5, 5.41) is 14.6. The van der Waals surface area contributed by atoms with E-state index in [2.05, 4.69) is 5.73 Å². The Balaban J connectivity index is 2.32. The van der Waals surface area contributed by atoms with Crippen molar-refractivity contribution in [2.24, 2.45) is 5.73 Å². The molecule has 3 nitrogen and oxygen atoms in total. The lowest BCUT2D eigenvalue weighted by Gasteiger charge is -1.77. The van der Waals surface area contributed by atoms with Crippen LogP contribution >= 0.6 is 0 Å². The van der Waals surface area contributed by atoms with Gasteiger partial charge in [-0.2, -0.15) is 0 Å². The van der Waals surface area contributed by atoms with Gasteiger partial charge in [0, 0.05) is 0 Å². The molecule has 4 heavy (non-hydrogen) atoms. The topological polar surface area (TPSA) is 66.5 Å². The quantitative estimate of drug-likeness (QED) is 0.342. The molecule has 3 heteroatoms. The highest BCUT2D eigenvalue weighted by Gasteiger charge is 1.74. The van der Waals surface area contributed by atoms with Gasteiger partial charge in [0.2, 0.25) is 0 Å². The third kappa shape index (κ3) is 101. The summed E-state index contributed by atoms with van der Waals surface area (Å²) in [7, 11) is 0. The Morgan fingerprint density at radius 2 is 1.50 bits per heavy atom. The second-order valence-corrected chi connectivity index (χ2v) is 0.358. The SMILES string of the molecule is N[C](O)O. The molecule has 0 unspecified atom stereocenters. The molecule has 25 valence electrons. The maximum absolute atomic E-state index is 7.31. The van der Waals surface area contributed by atoms with Crippen LogP contribution in [-0.2, 0) is 0 Å². The zero-order chi connectivity index (χ0) is 3.58. The van der Waals surface area contributed by atoms with Crippen LogP contribution in [-0.4, -0.2) is 10.2 Å². The van der Waals surface area contributed by atoms with Gasteiger partial charge in [-0.25, -0.2) is 0 Å². The first kappa shape index (κ1) is 3.88. The Morgan fingerprint density at radius 1 is 1.50 bits per heavy atom. The van der Waals surface area contributed by atoms with Crippen molar-refractivity contribution in [2.45, 2.75) is 0 Å². The third-order valence-corrected chi connectivity index (χ3v) is 0. The Morgan fingerprint density at radius 3 is 1.50 bits per heavy atom. The van der Waals surface area contributed by atoms with Crippen molar-refractivity contribution in [2.75, 3.05) is 0 Å². The van der Waals surface area contributed by atoms with Crippen LogP contribution in [0.4, 0.5) is 0 Å². The number of rotatable bonds is 0. The molecule has 1 radical (unpaired) electrons. The van der Waals surface area contributed by atoms with Gasteiger partial charge in [-0.1, -0.05) is 0 Å². The zero-order valence-corrected chi connectivity index (χ0v) is 1.97. The number of nitrogens with two attached hydrogens (primary N) is 1. The van der Waals surface area contributed by atoms with Crippen LogP contribution in [0.15, 0.2) is 0 Å². The molecule has 0 aliphatic rings. The summed E-state index contributed by atoms with van der Waals surface area (Å²) in [6, 6.07) is 0. The molecule has 0 aliphatic carbocycles. The number of hydrogen-bond acceptors (Lipinski definition) is 3. The highest BCUT2D eigenvalue weighted by Crippen LogP contribution is 1.56. The summed E-state index contributed by atoms with van der Waals surface area (Å²) in [6.07, 6.45) is -1.08. The second kappa shape index (κ2) is 1.23. The third-order valence-electron chi connectivity index (χ3n) is 0. The van der Waals surface area contributed by atoms with Gasteiger partial charge >= 0.3 is 0 Å². The van der Waals surface area contributed by atoms with Crippen molar-refractivity contribution in [1.29, 1.82) is 0 Å². The van der Waals surface area contributed by atoms with Crippen LogP contribution in [0, 0.1) is 6.41 Å². The summed E-state index contributed by atoms with van der Waals surface area (Å²) in [5.74, 6) is 0. The number of aliphatic hydroxyl groups excluding tert-OH is 1. The van der Waals surface area contributed by atoms with Gasteiger partial charge in [-0.05, 0) is 0 Å². The maximum atomic E-state index is 7.31. The van der Waals surface area contributed by atoms with E-state index >= 15 is 0 Å². The van der Waals surface area contributed by atoms with E-state index in [1.165, 1.54) is 0 Å². The van der Waals surface area contributed by atoms with E-state index in [0.29, 0.717) is 0 Å². The molecule has 0 aromatic heterocycles. The van der Waals surface area contributed by atoms with Crippen molar-refractivity contribution < 1.29 is 10.2 Å². The van der Waals surface area contributed by atoms with Gasteiger partial charge in [0.15, 0.2) is 0 Å². The second-order valence-electron chi connectivity index (χ2n) is 0.358. The van der Waals surface area contributed by atoms with E-state index in [1.54, 1.807) is 0 Å². The van der Waals surface area contributed by atoms with E-state index in [4.69, 9.17) is 10.2 Å². The van der Waals surface area contributed by atoms with E-state index in [9.17, 15) is 0 Å². The Kier molecular flexibility index (Phi) is 1.19. The molecule has 0 aromatic carbocycles. The van der Waals surface area contributed by atoms with Crippen molar-refractivity contribution in [3.8, 4) is 0 Å². The minimum Gasteiger partial charge on any atom is -0.348 e. The normalized spacial score (nSPS) is 9.00. The predicted molar refractivity (Wildman–Crippen MR) is 11.3 cm³/mol. The fourth-order valence-electron chi connectivity index (χ4n) is 0. The van der Waals surface area contributed by atoms with Crippen LogP contribution in [0.3, 0.4) is 0 Å². The Labute approximate surface area is 23.7 Å². The number of hydrogen-bond donors (Lipinski definition) is 3. The van der Waals surface area contributed by atoms with E-state index in [1.807, 2.05) is 0 Å². The molecule has 4 N–H and O–H groups in total. The molecule has 0 saturated carbocycles. The fraction of sp³-hybridized carbons (Fsp3) is 0. The minimum absolute atomic E-state index is 1.08. The lowest BCUT2D eigenvalue weighted by molar-refractivity contribution is 0.0845. The Bertz CT molecular complexity index is 10.8. The number of aliphatic hydroxyl groups is 2. The monoisotopic (exact) mass is 62.0 g/mol. The van der Waals surface area contributed by atoms with Crippen molar-refractivity contribution >= 4 is 0 Å². The molecule has 0 spiro atoms. The van der Waals surface area contributed by atoms with Crippen LogP contribution in [0.5, 0.6) is 0 Å². The first-order valence-electron chi connectivity index (χ1n) is 0.736. The average molecular weight is 62.0 g/mol. The molecule has 0 atom stereocenters. The highest BCUT2D eigenvalue weighted by atomic mass is 16.5. The molecule has 0 aliphatic heterocycles. The first-order chi connectivity index (χ1) is 1.73. The smallest absolute Gasteiger partial charge is 0.292 e. The predicted octanol–water partition coefficient (Wildman–Crippen LogP) is -0.863. The van der Waals surface area contributed by atoms with E-state index in [-0.39, 0.29) is 0 Å². The van der Waals surface area contributed by atoms with Crippen LogP contribution in [0.1, 0.15) is 0 Å². The fourth-order valence-corrected chi connectivity index (χ4v) is 0. The van der Waals surface area contributed by atoms with Crippen molar-refractivity contribution in [1.82, 2.24) is 0 Å². The zero-order valence-electron chi connectivity index (χ0n) is 1.97. The summed E-state index contributed by atoms with van der Waals surface area (Å²) in [4.78, 5) is 0. The summed E-state index contributed by atoms with van der Waals surface area (Å²) in [5.41, 5.74) is 4.14. The molecular weight excluding hydrogens is 58.0 g/mol. The largest absolute Gasteiger partial charge is 0.348 e. The van der Waals surface area contributed by atoms with Crippen molar-refractivity contribution in [3.63, 3.8) is 0 Å². The maximum Gasteiger partial charge on any atom is 0.292 e. The van der Waals surface area contributed by atoms with Crippen LogP contribution in [0.2, 0.25) is 0 Å². The van der Waals surface area contributed by atoms with E-state index in [0.717, 1.165) is 0 Å². The van der Waals surface area contributed by atoms with Gasteiger partial charge in [-0.3, -0.25) is 5.73 Å². The van der Waals surface area contributed by atoms with Crippen molar-refractivity contribution in [3.05, 3.63) is 6.41 Å². The lowest BCUT2D eigenvalue weighted by atomic mass is 11.2. The van der Waals surface area contributed by atoms with Gasteiger partial charge < -0.3 is 10.2 Å². The minimum atomic E-state index is -1.08. The van der Waals surface area contributed by atoms with Crippen LogP contribution in [0.25, 0.3) is 0 Å². The molecule has 0 rings (SSSR count). The molecular formula is CH4NO2. The molecule has 0 aromatic rings. The van der Waals surface area contributed by atoms with Gasteiger partial charge in [-0.15, -0.1) is 0 Å². The standard InChI is InChI=1S/CH4NO2/c2-1(3)4/h3-4H,2H2.